The van der Waals surface area contributed by atoms with Crippen molar-refractivity contribution in [2.45, 2.75) is 63.5 Å². The molecule has 1 saturated carbocycles. The van der Waals surface area contributed by atoms with Crippen molar-refractivity contribution >= 4 is 5.91 Å². The minimum Gasteiger partial charge on any atom is -0.338 e. The first-order valence-corrected chi connectivity index (χ1v) is 7.40. The van der Waals surface area contributed by atoms with Crippen LogP contribution in [0.4, 0.5) is 0 Å². The lowest BCUT2D eigenvalue weighted by Crippen LogP contribution is -2.54. The highest BCUT2D eigenvalue weighted by molar-refractivity contribution is 5.82. The highest BCUT2D eigenvalue weighted by Crippen LogP contribution is 2.35. The molecule has 2 saturated heterocycles. The van der Waals surface area contributed by atoms with E-state index in [1.54, 1.807) is 0 Å². The average molecular weight is 236 g/mol. The molecular formula is C14H24N2O. The van der Waals surface area contributed by atoms with Gasteiger partial charge in [0.15, 0.2) is 0 Å². The van der Waals surface area contributed by atoms with Crippen LogP contribution in [0.5, 0.6) is 0 Å². The zero-order valence-corrected chi connectivity index (χ0v) is 10.7. The van der Waals surface area contributed by atoms with Gasteiger partial charge >= 0.3 is 0 Å². The fourth-order valence-electron chi connectivity index (χ4n) is 3.99. The summed E-state index contributed by atoms with van der Waals surface area (Å²) in [6.45, 7) is 2.04. The summed E-state index contributed by atoms with van der Waals surface area (Å²) in [6, 6.07) is 0.711. The first kappa shape index (κ1) is 11.5. The van der Waals surface area contributed by atoms with Gasteiger partial charge in [-0.05, 0) is 51.0 Å². The monoisotopic (exact) mass is 236 g/mol. The molecule has 0 bridgehead atoms. The molecule has 0 spiro atoms. The van der Waals surface area contributed by atoms with E-state index in [9.17, 15) is 4.79 Å². The quantitative estimate of drug-likeness (QED) is 0.754. The molecule has 3 nitrogen and oxygen atoms in total. The lowest BCUT2D eigenvalue weighted by atomic mass is 9.78. The molecule has 3 rings (SSSR count). The summed E-state index contributed by atoms with van der Waals surface area (Å²) in [5.74, 6) is 1.21. The second-order valence-electron chi connectivity index (χ2n) is 5.93. The maximum atomic E-state index is 12.5. The summed E-state index contributed by atoms with van der Waals surface area (Å²) in [7, 11) is 0. The van der Waals surface area contributed by atoms with Gasteiger partial charge in [-0.3, -0.25) is 4.79 Å². The zero-order chi connectivity index (χ0) is 11.7. The number of hydrogen-bond acceptors (Lipinski definition) is 2. The smallest absolute Gasteiger partial charge is 0.239 e. The van der Waals surface area contributed by atoms with Crippen LogP contribution in [0.2, 0.25) is 0 Å². The van der Waals surface area contributed by atoms with E-state index in [0.717, 1.165) is 25.4 Å². The predicted octanol–water partition coefficient (Wildman–Crippen LogP) is 1.92. The van der Waals surface area contributed by atoms with Crippen LogP contribution in [0, 0.1) is 5.92 Å². The molecule has 1 N–H and O–H groups in total. The second-order valence-corrected chi connectivity index (χ2v) is 5.93. The van der Waals surface area contributed by atoms with Crippen LogP contribution in [0.15, 0.2) is 0 Å². The van der Waals surface area contributed by atoms with Gasteiger partial charge in [0, 0.05) is 12.6 Å². The molecule has 2 aliphatic heterocycles. The number of rotatable bonds is 1. The lowest BCUT2D eigenvalue weighted by Gasteiger charge is -2.45. The summed E-state index contributed by atoms with van der Waals surface area (Å²) in [5.41, 5.74) is 0. The van der Waals surface area contributed by atoms with Gasteiger partial charge < -0.3 is 10.2 Å². The normalized spacial score (nSPS) is 37.9. The molecule has 0 aromatic carbocycles. The van der Waals surface area contributed by atoms with Crippen molar-refractivity contribution in [3.63, 3.8) is 0 Å². The van der Waals surface area contributed by atoms with Crippen LogP contribution >= 0.6 is 0 Å². The minimum atomic E-state index is 0.135. The lowest BCUT2D eigenvalue weighted by molar-refractivity contribution is -0.139. The Hall–Kier alpha value is -0.570. The minimum absolute atomic E-state index is 0.135. The highest BCUT2D eigenvalue weighted by Gasteiger charge is 2.38. The predicted molar refractivity (Wildman–Crippen MR) is 67.7 cm³/mol. The van der Waals surface area contributed by atoms with E-state index in [1.165, 1.54) is 44.9 Å². The van der Waals surface area contributed by atoms with Gasteiger partial charge in [-0.15, -0.1) is 0 Å². The zero-order valence-electron chi connectivity index (χ0n) is 10.7. The third kappa shape index (κ3) is 2.22. The number of carbonyl (C=O) groups is 1. The van der Waals surface area contributed by atoms with Crippen LogP contribution in [0.3, 0.4) is 0 Å². The Balaban J connectivity index is 1.69. The molecular weight excluding hydrogens is 212 g/mol. The summed E-state index contributed by atoms with van der Waals surface area (Å²) in [6.07, 6.45) is 10.1. The molecule has 1 aliphatic carbocycles. The van der Waals surface area contributed by atoms with Crippen molar-refractivity contribution in [2.24, 2.45) is 5.92 Å². The number of nitrogens with zero attached hydrogens (tertiary/aromatic N) is 1. The maximum absolute atomic E-state index is 12.5. The summed E-state index contributed by atoms with van der Waals surface area (Å²) in [5, 5.41) is 3.36. The Labute approximate surface area is 104 Å². The number of likely N-dealkylation sites (tertiary alicyclic amines) is 1. The second kappa shape index (κ2) is 4.97. The maximum Gasteiger partial charge on any atom is 0.239 e. The number of piperidine rings is 1. The fourth-order valence-corrected chi connectivity index (χ4v) is 3.99. The Morgan fingerprint density at radius 3 is 2.65 bits per heavy atom. The Bertz CT molecular complexity index is 284. The third-order valence-corrected chi connectivity index (χ3v) is 4.88. The third-order valence-electron chi connectivity index (χ3n) is 4.88. The molecule has 0 aromatic heterocycles. The van der Waals surface area contributed by atoms with E-state index in [0.29, 0.717) is 11.9 Å². The van der Waals surface area contributed by atoms with Crippen molar-refractivity contribution < 1.29 is 4.79 Å². The summed E-state index contributed by atoms with van der Waals surface area (Å²) in [4.78, 5) is 14.8. The largest absolute Gasteiger partial charge is 0.338 e. The van der Waals surface area contributed by atoms with E-state index < -0.39 is 0 Å². The van der Waals surface area contributed by atoms with E-state index in [-0.39, 0.29) is 6.04 Å². The van der Waals surface area contributed by atoms with Crippen molar-refractivity contribution in [3.05, 3.63) is 0 Å². The van der Waals surface area contributed by atoms with Gasteiger partial charge in [0.2, 0.25) is 5.91 Å². The molecule has 1 amide bonds. The number of nitrogens with one attached hydrogen (secondary N) is 1. The molecule has 3 heteroatoms. The number of carbonyl (C=O) groups excluding carboxylic acids is 1. The Morgan fingerprint density at radius 2 is 1.82 bits per heavy atom. The van der Waals surface area contributed by atoms with Gasteiger partial charge in [0.1, 0.15) is 0 Å². The van der Waals surface area contributed by atoms with E-state index in [2.05, 4.69) is 10.2 Å². The van der Waals surface area contributed by atoms with Crippen LogP contribution < -0.4 is 5.32 Å². The highest BCUT2D eigenvalue weighted by atomic mass is 16.2. The van der Waals surface area contributed by atoms with Crippen LogP contribution in [-0.4, -0.2) is 36.0 Å². The standard InChI is InChI=1S/C14H24N2O/c17-14(12-7-3-9-15-12)16-10-4-6-11-5-1-2-8-13(11)16/h11-13,15H,1-10H2/t11-,12-,13-/m1/s1. The number of hydrogen-bond donors (Lipinski definition) is 1. The Morgan fingerprint density at radius 1 is 1.00 bits per heavy atom. The van der Waals surface area contributed by atoms with Gasteiger partial charge in [-0.2, -0.15) is 0 Å². The van der Waals surface area contributed by atoms with E-state index >= 15 is 0 Å². The van der Waals surface area contributed by atoms with Gasteiger partial charge in [-0.1, -0.05) is 12.8 Å². The molecule has 0 radical (unpaired) electrons. The average Bonchev–Trinajstić information content (AvgIpc) is 2.91. The van der Waals surface area contributed by atoms with Gasteiger partial charge in [0.25, 0.3) is 0 Å². The van der Waals surface area contributed by atoms with Gasteiger partial charge in [0.05, 0.1) is 6.04 Å². The van der Waals surface area contributed by atoms with Crippen molar-refractivity contribution in [3.8, 4) is 0 Å². The fraction of sp³-hybridized carbons (Fsp3) is 0.929. The topological polar surface area (TPSA) is 32.3 Å². The molecule has 0 unspecified atom stereocenters. The molecule has 3 aliphatic rings. The van der Waals surface area contributed by atoms with Gasteiger partial charge in [-0.25, -0.2) is 0 Å². The van der Waals surface area contributed by atoms with Crippen molar-refractivity contribution in [1.29, 1.82) is 0 Å². The van der Waals surface area contributed by atoms with E-state index in [1.807, 2.05) is 0 Å². The summed E-state index contributed by atoms with van der Waals surface area (Å²) >= 11 is 0. The Kier molecular flexibility index (Phi) is 3.37. The molecule has 3 fully saturated rings. The van der Waals surface area contributed by atoms with Crippen molar-refractivity contribution in [2.75, 3.05) is 13.1 Å². The van der Waals surface area contributed by atoms with Crippen LogP contribution in [0.25, 0.3) is 0 Å². The van der Waals surface area contributed by atoms with E-state index in [4.69, 9.17) is 0 Å². The van der Waals surface area contributed by atoms with Crippen molar-refractivity contribution in [1.82, 2.24) is 10.2 Å². The number of fused-ring (bicyclic) bond motifs is 1. The SMILES string of the molecule is O=C([C@H]1CCCN1)N1CCC[C@H]2CCCC[C@H]21. The molecule has 0 aromatic rings. The first-order chi connectivity index (χ1) is 8.36. The van der Waals surface area contributed by atoms with Crippen LogP contribution in [-0.2, 0) is 4.79 Å². The molecule has 17 heavy (non-hydrogen) atoms. The molecule has 96 valence electrons. The van der Waals surface area contributed by atoms with Crippen LogP contribution in [0.1, 0.15) is 51.4 Å². The molecule has 3 atom stereocenters. The molecule has 2 heterocycles. The summed E-state index contributed by atoms with van der Waals surface area (Å²) < 4.78 is 0. The first-order valence-electron chi connectivity index (χ1n) is 7.40. The number of amides is 1.